The fourth-order valence-corrected chi connectivity index (χ4v) is 2.90. The zero-order chi connectivity index (χ0) is 15.1. The quantitative estimate of drug-likeness (QED) is 0.672. The topological polar surface area (TPSA) is 64.1 Å². The summed E-state index contributed by atoms with van der Waals surface area (Å²) in [6, 6.07) is 11.0. The molecule has 0 radical (unpaired) electrons. The SMILES string of the molecule is CC(O)c1nc2cc(N)ccc2n1-c1cc(Cl)ccc1Br. The third-order valence-electron chi connectivity index (χ3n) is 3.23. The highest BCUT2D eigenvalue weighted by atomic mass is 79.9. The molecule has 0 amide bonds. The normalized spacial score (nSPS) is 12.8. The van der Waals surface area contributed by atoms with Crippen LogP contribution in [0.25, 0.3) is 16.7 Å². The summed E-state index contributed by atoms with van der Waals surface area (Å²) < 4.78 is 2.75. The second kappa shape index (κ2) is 5.33. The number of aromatic nitrogens is 2. The minimum Gasteiger partial charge on any atom is -0.399 e. The van der Waals surface area contributed by atoms with Crippen LogP contribution in [0.5, 0.6) is 0 Å². The number of nitrogens with zero attached hydrogens (tertiary/aromatic N) is 2. The molecule has 0 saturated heterocycles. The molecule has 0 aliphatic heterocycles. The minimum atomic E-state index is -0.718. The van der Waals surface area contributed by atoms with E-state index in [-0.39, 0.29) is 0 Å². The first-order valence-electron chi connectivity index (χ1n) is 6.38. The number of benzene rings is 2. The lowest BCUT2D eigenvalue weighted by molar-refractivity contribution is 0.187. The predicted molar refractivity (Wildman–Crippen MR) is 88.8 cm³/mol. The number of rotatable bonds is 2. The average Bonchev–Trinajstić information content (AvgIpc) is 2.80. The van der Waals surface area contributed by atoms with Crippen molar-refractivity contribution in [3.05, 3.63) is 51.7 Å². The van der Waals surface area contributed by atoms with Gasteiger partial charge in [-0.05, 0) is 59.3 Å². The number of hydrogen-bond acceptors (Lipinski definition) is 3. The molecule has 108 valence electrons. The Morgan fingerprint density at radius 3 is 2.76 bits per heavy atom. The maximum Gasteiger partial charge on any atom is 0.143 e. The van der Waals surface area contributed by atoms with Crippen LogP contribution in [0.2, 0.25) is 5.02 Å². The van der Waals surface area contributed by atoms with Gasteiger partial charge in [0.05, 0.1) is 16.7 Å². The highest BCUT2D eigenvalue weighted by molar-refractivity contribution is 9.10. The zero-order valence-corrected chi connectivity index (χ0v) is 13.6. The molecular formula is C15H13BrClN3O. The molecule has 1 unspecified atom stereocenters. The zero-order valence-electron chi connectivity index (χ0n) is 11.2. The van der Waals surface area contributed by atoms with E-state index in [1.54, 1.807) is 19.1 Å². The van der Waals surface area contributed by atoms with Crippen molar-refractivity contribution in [1.29, 1.82) is 0 Å². The van der Waals surface area contributed by atoms with Crippen molar-refractivity contribution < 1.29 is 5.11 Å². The average molecular weight is 367 g/mol. The van der Waals surface area contributed by atoms with Crippen LogP contribution < -0.4 is 5.73 Å². The van der Waals surface area contributed by atoms with Crippen LogP contribution in [0.15, 0.2) is 40.9 Å². The Morgan fingerprint density at radius 2 is 2.05 bits per heavy atom. The Bertz CT molecular complexity index is 829. The van der Waals surface area contributed by atoms with Crippen LogP contribution >= 0.6 is 27.5 Å². The van der Waals surface area contributed by atoms with Crippen LogP contribution in [0.1, 0.15) is 18.9 Å². The van der Waals surface area contributed by atoms with Gasteiger partial charge in [0.25, 0.3) is 0 Å². The number of aliphatic hydroxyl groups is 1. The summed E-state index contributed by atoms with van der Waals surface area (Å²) in [6.07, 6.45) is -0.718. The van der Waals surface area contributed by atoms with E-state index < -0.39 is 6.10 Å². The van der Waals surface area contributed by atoms with Crippen molar-refractivity contribution in [2.45, 2.75) is 13.0 Å². The van der Waals surface area contributed by atoms with E-state index >= 15 is 0 Å². The lowest BCUT2D eigenvalue weighted by atomic mass is 10.2. The standard InChI is InChI=1S/C15H13BrClN3O/c1-8(21)15-19-12-7-10(18)3-5-13(12)20(15)14-6-9(17)2-4-11(14)16/h2-8,21H,18H2,1H3. The van der Waals surface area contributed by atoms with Gasteiger partial charge in [-0.2, -0.15) is 0 Å². The number of nitrogen functional groups attached to an aromatic ring is 1. The fourth-order valence-electron chi connectivity index (χ4n) is 2.31. The third-order valence-corrected chi connectivity index (χ3v) is 4.13. The summed E-state index contributed by atoms with van der Waals surface area (Å²) in [4.78, 5) is 4.49. The second-order valence-corrected chi connectivity index (χ2v) is 6.12. The van der Waals surface area contributed by atoms with Gasteiger partial charge in [-0.25, -0.2) is 4.98 Å². The molecule has 21 heavy (non-hydrogen) atoms. The molecule has 3 aromatic rings. The summed E-state index contributed by atoms with van der Waals surface area (Å²) in [6.45, 7) is 1.68. The van der Waals surface area contributed by atoms with E-state index in [1.807, 2.05) is 28.8 Å². The highest BCUT2D eigenvalue weighted by Gasteiger charge is 2.18. The minimum absolute atomic E-state index is 0.540. The van der Waals surface area contributed by atoms with Gasteiger partial charge in [-0.15, -0.1) is 0 Å². The lowest BCUT2D eigenvalue weighted by Crippen LogP contribution is -2.05. The Morgan fingerprint density at radius 1 is 1.29 bits per heavy atom. The largest absolute Gasteiger partial charge is 0.399 e. The molecule has 0 aliphatic carbocycles. The van der Waals surface area contributed by atoms with Gasteiger partial charge in [-0.1, -0.05) is 11.6 Å². The number of nitrogens with two attached hydrogens (primary N) is 1. The van der Waals surface area contributed by atoms with Crippen LogP contribution in [-0.2, 0) is 0 Å². The van der Waals surface area contributed by atoms with Gasteiger partial charge in [0.1, 0.15) is 11.9 Å². The molecule has 1 aromatic heterocycles. The summed E-state index contributed by atoms with van der Waals surface area (Å²) in [5.41, 5.74) is 8.87. The molecule has 3 N–H and O–H groups in total. The lowest BCUT2D eigenvalue weighted by Gasteiger charge is -2.13. The van der Waals surface area contributed by atoms with E-state index in [1.165, 1.54) is 0 Å². The van der Waals surface area contributed by atoms with Crippen LogP contribution in [-0.4, -0.2) is 14.7 Å². The van der Waals surface area contributed by atoms with Crippen LogP contribution in [0.3, 0.4) is 0 Å². The summed E-state index contributed by atoms with van der Waals surface area (Å²) in [7, 11) is 0. The molecule has 0 saturated carbocycles. The molecule has 1 atom stereocenters. The molecule has 0 spiro atoms. The van der Waals surface area contributed by atoms with E-state index in [4.69, 9.17) is 17.3 Å². The molecule has 6 heteroatoms. The number of hydrogen-bond donors (Lipinski definition) is 2. The predicted octanol–water partition coefficient (Wildman–Crippen LogP) is 4.08. The summed E-state index contributed by atoms with van der Waals surface area (Å²) in [5.74, 6) is 0.540. The monoisotopic (exact) mass is 365 g/mol. The number of halogens is 2. The van der Waals surface area contributed by atoms with Crippen molar-refractivity contribution in [3.63, 3.8) is 0 Å². The smallest absolute Gasteiger partial charge is 0.143 e. The molecule has 0 fully saturated rings. The molecule has 2 aromatic carbocycles. The van der Waals surface area contributed by atoms with Crippen LogP contribution in [0, 0.1) is 0 Å². The van der Waals surface area contributed by atoms with Gasteiger partial charge in [0.15, 0.2) is 0 Å². The number of anilines is 1. The van der Waals surface area contributed by atoms with Crippen LogP contribution in [0.4, 0.5) is 5.69 Å². The maximum atomic E-state index is 10.0. The van der Waals surface area contributed by atoms with E-state index in [0.29, 0.717) is 16.5 Å². The second-order valence-electron chi connectivity index (χ2n) is 4.83. The first kappa shape index (κ1) is 14.4. The summed E-state index contributed by atoms with van der Waals surface area (Å²) in [5, 5.41) is 10.6. The van der Waals surface area contributed by atoms with Crippen molar-refractivity contribution in [2.24, 2.45) is 0 Å². The molecule has 0 aliphatic rings. The van der Waals surface area contributed by atoms with Crippen molar-refractivity contribution in [1.82, 2.24) is 9.55 Å². The Balaban J connectivity index is 2.39. The molecular weight excluding hydrogens is 354 g/mol. The van der Waals surface area contributed by atoms with E-state index in [0.717, 1.165) is 21.2 Å². The van der Waals surface area contributed by atoms with E-state index in [9.17, 15) is 5.11 Å². The van der Waals surface area contributed by atoms with Crippen molar-refractivity contribution >= 4 is 44.3 Å². The number of aliphatic hydroxyl groups excluding tert-OH is 1. The van der Waals surface area contributed by atoms with E-state index in [2.05, 4.69) is 20.9 Å². The molecule has 1 heterocycles. The Labute approximate surface area is 135 Å². The van der Waals surface area contributed by atoms with Gasteiger partial charge < -0.3 is 10.8 Å². The third kappa shape index (κ3) is 2.52. The highest BCUT2D eigenvalue weighted by Crippen LogP contribution is 2.32. The fraction of sp³-hybridized carbons (Fsp3) is 0.133. The first-order valence-corrected chi connectivity index (χ1v) is 7.56. The number of imidazole rings is 1. The van der Waals surface area contributed by atoms with Gasteiger partial charge >= 0.3 is 0 Å². The molecule has 0 bridgehead atoms. The molecule has 4 nitrogen and oxygen atoms in total. The number of fused-ring (bicyclic) bond motifs is 1. The molecule has 3 rings (SSSR count). The summed E-state index contributed by atoms with van der Waals surface area (Å²) >= 11 is 9.63. The first-order chi connectivity index (χ1) is 9.97. The van der Waals surface area contributed by atoms with Crippen molar-refractivity contribution in [3.8, 4) is 5.69 Å². The maximum absolute atomic E-state index is 10.0. The van der Waals surface area contributed by atoms with Crippen molar-refractivity contribution in [2.75, 3.05) is 5.73 Å². The van der Waals surface area contributed by atoms with Gasteiger partial charge in [0, 0.05) is 15.2 Å². The Hall–Kier alpha value is -1.56. The van der Waals surface area contributed by atoms with Gasteiger partial charge in [0.2, 0.25) is 0 Å². The Kier molecular flexibility index (Phi) is 3.65. The van der Waals surface area contributed by atoms with Gasteiger partial charge in [-0.3, -0.25) is 4.57 Å².